The summed E-state index contributed by atoms with van der Waals surface area (Å²) in [7, 11) is 0. The Morgan fingerprint density at radius 1 is 0.333 bits per heavy atom. The SMILES string of the molecule is FC(F)(F)C(c1ccccc1)(c1ccc(-c2ccc(-c3ccccc3)cc2)cc1)C(F)(F)F. The van der Waals surface area contributed by atoms with E-state index >= 15 is 0 Å². The number of hydrogen-bond acceptors (Lipinski definition) is 0. The normalized spacial score (nSPS) is 12.5. The van der Waals surface area contributed by atoms with Crippen molar-refractivity contribution in [1.82, 2.24) is 0 Å². The standard InChI is InChI=1S/C27H18F6/c28-26(29,30)25(27(31,32)33,23-9-5-2-6-10-23)24-17-15-22(16-18-24)21-13-11-20(12-14-21)19-7-3-1-4-8-19/h1-18H. The van der Waals surface area contributed by atoms with Gasteiger partial charge in [0.25, 0.3) is 0 Å². The number of alkyl halides is 6. The minimum Gasteiger partial charge on any atom is -0.169 e. The first-order valence-corrected chi connectivity index (χ1v) is 10.1. The van der Waals surface area contributed by atoms with Crippen LogP contribution in [0.25, 0.3) is 22.3 Å². The highest BCUT2D eigenvalue weighted by Gasteiger charge is 2.72. The number of halogens is 6. The summed E-state index contributed by atoms with van der Waals surface area (Å²) >= 11 is 0. The van der Waals surface area contributed by atoms with Crippen LogP contribution in [0, 0.1) is 0 Å². The molecule has 0 fully saturated rings. The van der Waals surface area contributed by atoms with Gasteiger partial charge in [0.05, 0.1) is 0 Å². The molecule has 0 atom stereocenters. The van der Waals surface area contributed by atoms with Gasteiger partial charge in [-0.2, -0.15) is 26.3 Å². The van der Waals surface area contributed by atoms with Crippen molar-refractivity contribution in [2.24, 2.45) is 0 Å². The Balaban J connectivity index is 1.76. The average Bonchev–Trinajstić information content (AvgIpc) is 2.80. The van der Waals surface area contributed by atoms with Crippen molar-refractivity contribution in [3.8, 4) is 22.3 Å². The summed E-state index contributed by atoms with van der Waals surface area (Å²) in [6.45, 7) is 0. The van der Waals surface area contributed by atoms with Crippen LogP contribution in [0.2, 0.25) is 0 Å². The molecule has 0 nitrogen and oxygen atoms in total. The molecule has 0 saturated carbocycles. The number of hydrogen-bond donors (Lipinski definition) is 0. The Morgan fingerprint density at radius 2 is 0.636 bits per heavy atom. The van der Waals surface area contributed by atoms with Crippen LogP contribution < -0.4 is 0 Å². The maximum Gasteiger partial charge on any atom is 0.411 e. The van der Waals surface area contributed by atoms with Gasteiger partial charge in [0.1, 0.15) is 0 Å². The van der Waals surface area contributed by atoms with E-state index in [1.165, 1.54) is 30.3 Å². The molecule has 0 unspecified atom stereocenters. The van der Waals surface area contributed by atoms with Crippen molar-refractivity contribution >= 4 is 0 Å². The fourth-order valence-electron chi connectivity index (χ4n) is 4.07. The van der Waals surface area contributed by atoms with Crippen LogP contribution >= 0.6 is 0 Å². The second-order valence-corrected chi connectivity index (χ2v) is 7.63. The predicted octanol–water partition coefficient (Wildman–Crippen LogP) is 8.43. The lowest BCUT2D eigenvalue weighted by molar-refractivity contribution is -0.288. The van der Waals surface area contributed by atoms with E-state index < -0.39 is 28.9 Å². The zero-order valence-corrected chi connectivity index (χ0v) is 17.2. The van der Waals surface area contributed by atoms with E-state index in [4.69, 9.17) is 0 Å². The first kappa shape index (κ1) is 22.6. The quantitative estimate of drug-likeness (QED) is 0.270. The molecule has 4 aromatic carbocycles. The molecule has 0 aromatic heterocycles. The van der Waals surface area contributed by atoms with E-state index in [2.05, 4.69) is 0 Å². The third kappa shape index (κ3) is 4.01. The second kappa shape index (κ2) is 8.43. The summed E-state index contributed by atoms with van der Waals surface area (Å²) < 4.78 is 84.9. The fraction of sp³-hybridized carbons (Fsp3) is 0.111. The molecular formula is C27H18F6. The molecular weight excluding hydrogens is 438 g/mol. The van der Waals surface area contributed by atoms with E-state index in [1.807, 2.05) is 42.5 Å². The van der Waals surface area contributed by atoms with Crippen LogP contribution in [0.15, 0.2) is 109 Å². The summed E-state index contributed by atoms with van der Waals surface area (Å²) in [4.78, 5) is 0. The summed E-state index contributed by atoms with van der Waals surface area (Å²) in [5.74, 6) is 0. The second-order valence-electron chi connectivity index (χ2n) is 7.63. The summed E-state index contributed by atoms with van der Waals surface area (Å²) in [6.07, 6.45) is -11.2. The minimum absolute atomic E-state index is 0.518. The Labute approximate surface area is 187 Å². The lowest BCUT2D eigenvalue weighted by Gasteiger charge is -2.38. The highest BCUT2D eigenvalue weighted by atomic mass is 19.4. The largest absolute Gasteiger partial charge is 0.411 e. The molecule has 4 aromatic rings. The zero-order valence-electron chi connectivity index (χ0n) is 17.2. The van der Waals surface area contributed by atoms with Gasteiger partial charge in [-0.3, -0.25) is 0 Å². The molecule has 0 bridgehead atoms. The molecule has 0 radical (unpaired) electrons. The molecule has 0 aliphatic heterocycles. The molecule has 0 amide bonds. The number of benzene rings is 4. The van der Waals surface area contributed by atoms with Crippen molar-refractivity contribution in [2.45, 2.75) is 17.8 Å². The lowest BCUT2D eigenvalue weighted by Crippen LogP contribution is -2.54. The topological polar surface area (TPSA) is 0 Å². The van der Waals surface area contributed by atoms with Crippen LogP contribution in [-0.2, 0) is 5.41 Å². The molecule has 4 rings (SSSR count). The van der Waals surface area contributed by atoms with Crippen LogP contribution in [0.1, 0.15) is 11.1 Å². The third-order valence-electron chi connectivity index (χ3n) is 5.70. The van der Waals surface area contributed by atoms with Crippen molar-refractivity contribution in [3.05, 3.63) is 120 Å². The maximum absolute atomic E-state index is 14.2. The van der Waals surface area contributed by atoms with Gasteiger partial charge < -0.3 is 0 Å². The molecule has 0 aliphatic carbocycles. The Bertz CT molecular complexity index is 1180. The Kier molecular flexibility index (Phi) is 5.78. The van der Waals surface area contributed by atoms with Crippen LogP contribution in [0.5, 0.6) is 0 Å². The molecule has 33 heavy (non-hydrogen) atoms. The molecule has 6 heteroatoms. The van der Waals surface area contributed by atoms with Gasteiger partial charge in [-0.1, -0.05) is 109 Å². The smallest absolute Gasteiger partial charge is 0.169 e. The van der Waals surface area contributed by atoms with Gasteiger partial charge >= 0.3 is 12.4 Å². The van der Waals surface area contributed by atoms with Gasteiger partial charge in [0.15, 0.2) is 0 Å². The van der Waals surface area contributed by atoms with Crippen molar-refractivity contribution in [3.63, 3.8) is 0 Å². The highest BCUT2D eigenvalue weighted by Crippen LogP contribution is 2.56. The van der Waals surface area contributed by atoms with E-state index in [-0.39, 0.29) is 0 Å². The van der Waals surface area contributed by atoms with Gasteiger partial charge in [-0.05, 0) is 33.4 Å². The fourth-order valence-corrected chi connectivity index (χ4v) is 4.07. The number of rotatable bonds is 4. The molecule has 0 heterocycles. The van der Waals surface area contributed by atoms with Gasteiger partial charge in [0.2, 0.25) is 5.41 Å². The zero-order chi connectivity index (χ0) is 23.7. The van der Waals surface area contributed by atoms with Crippen molar-refractivity contribution < 1.29 is 26.3 Å². The Hall–Kier alpha value is -3.54. The van der Waals surface area contributed by atoms with Gasteiger partial charge in [-0.15, -0.1) is 0 Å². The molecule has 0 N–H and O–H groups in total. The molecule has 168 valence electrons. The predicted molar refractivity (Wildman–Crippen MR) is 117 cm³/mol. The van der Waals surface area contributed by atoms with E-state index in [0.29, 0.717) is 11.1 Å². The summed E-state index contributed by atoms with van der Waals surface area (Å²) in [5.41, 5.74) is -2.72. The molecule has 0 saturated heterocycles. The van der Waals surface area contributed by atoms with E-state index in [9.17, 15) is 26.3 Å². The van der Waals surface area contributed by atoms with Gasteiger partial charge in [0, 0.05) is 0 Å². The van der Waals surface area contributed by atoms with Crippen LogP contribution in [0.4, 0.5) is 26.3 Å². The third-order valence-corrected chi connectivity index (χ3v) is 5.70. The van der Waals surface area contributed by atoms with Crippen LogP contribution in [-0.4, -0.2) is 12.4 Å². The Morgan fingerprint density at radius 3 is 1.03 bits per heavy atom. The first-order valence-electron chi connectivity index (χ1n) is 10.1. The summed E-state index contributed by atoms with van der Waals surface area (Å²) in [5, 5.41) is 0. The highest BCUT2D eigenvalue weighted by molar-refractivity contribution is 5.70. The maximum atomic E-state index is 14.2. The van der Waals surface area contributed by atoms with Gasteiger partial charge in [-0.25, -0.2) is 0 Å². The van der Waals surface area contributed by atoms with Crippen molar-refractivity contribution in [1.29, 1.82) is 0 Å². The first-order chi connectivity index (χ1) is 15.6. The molecule has 0 aliphatic rings. The minimum atomic E-state index is -5.59. The van der Waals surface area contributed by atoms with E-state index in [1.54, 1.807) is 12.1 Å². The van der Waals surface area contributed by atoms with Crippen LogP contribution in [0.3, 0.4) is 0 Å². The monoisotopic (exact) mass is 456 g/mol. The van der Waals surface area contributed by atoms with E-state index in [0.717, 1.165) is 35.4 Å². The molecule has 0 spiro atoms. The summed E-state index contributed by atoms with van der Waals surface area (Å²) in [6, 6.07) is 26.7. The lowest BCUT2D eigenvalue weighted by atomic mass is 9.72. The van der Waals surface area contributed by atoms with Crippen molar-refractivity contribution in [2.75, 3.05) is 0 Å². The average molecular weight is 456 g/mol.